The first-order valence-corrected chi connectivity index (χ1v) is 4.62. The van der Waals surface area contributed by atoms with E-state index in [-0.39, 0.29) is 13.2 Å². The highest BCUT2D eigenvalue weighted by Gasteiger charge is 2.21. The number of rotatable bonds is 3. The van der Waals surface area contributed by atoms with Gasteiger partial charge in [-0.2, -0.15) is 0 Å². The Labute approximate surface area is 77.5 Å². The van der Waals surface area contributed by atoms with Gasteiger partial charge < -0.3 is 10.2 Å². The zero-order chi connectivity index (χ0) is 9.68. The summed E-state index contributed by atoms with van der Waals surface area (Å²) in [5, 5.41) is 20.5. The molecule has 0 unspecified atom stereocenters. The summed E-state index contributed by atoms with van der Waals surface area (Å²) < 4.78 is 0. The molecule has 0 saturated carbocycles. The normalized spacial score (nSPS) is 18.5. The minimum atomic E-state index is -0.976. The lowest BCUT2D eigenvalue weighted by molar-refractivity contribution is -0.0302. The zero-order valence-electron chi connectivity index (χ0n) is 7.65. The molecule has 1 aliphatic rings. The third-order valence-corrected chi connectivity index (χ3v) is 2.21. The Bertz CT molecular complexity index is 169. The molecule has 0 radical (unpaired) electrons. The molecule has 1 fully saturated rings. The monoisotopic (exact) mass is 188 g/mol. The third kappa shape index (κ3) is 2.86. The van der Waals surface area contributed by atoms with Crippen molar-refractivity contribution >= 4 is 6.09 Å². The van der Waals surface area contributed by atoms with E-state index in [1.165, 1.54) is 11.4 Å². The van der Waals surface area contributed by atoms with Crippen LogP contribution in [-0.2, 0) is 0 Å². The van der Waals surface area contributed by atoms with Crippen LogP contribution in [0.2, 0.25) is 0 Å². The number of piperidine rings is 1. The molecule has 0 aromatic rings. The summed E-state index contributed by atoms with van der Waals surface area (Å²) in [5.41, 5.74) is 0. The maximum Gasteiger partial charge on any atom is 0.422 e. The number of hydrogen-bond donors (Lipinski definition) is 2. The van der Waals surface area contributed by atoms with E-state index in [0.29, 0.717) is 0 Å². The second-order valence-electron chi connectivity index (χ2n) is 3.14. The molecule has 1 aliphatic heterocycles. The lowest BCUT2D eigenvalue weighted by Crippen LogP contribution is -2.49. The Morgan fingerprint density at radius 3 is 2.38 bits per heavy atom. The first-order chi connectivity index (χ1) is 6.25. The van der Waals surface area contributed by atoms with Gasteiger partial charge in [0, 0.05) is 13.1 Å². The van der Waals surface area contributed by atoms with Gasteiger partial charge in [-0.1, -0.05) is 6.42 Å². The molecular weight excluding hydrogens is 172 g/mol. The molecule has 1 heterocycles. The summed E-state index contributed by atoms with van der Waals surface area (Å²) in [4.78, 5) is 10.8. The van der Waals surface area contributed by atoms with Crippen LogP contribution in [0.15, 0.2) is 0 Å². The number of aliphatic hydroxyl groups excluding tert-OH is 1. The maximum absolute atomic E-state index is 10.8. The van der Waals surface area contributed by atoms with E-state index in [1.807, 2.05) is 0 Å². The van der Waals surface area contributed by atoms with Crippen LogP contribution >= 0.6 is 0 Å². The molecule has 2 N–H and O–H groups in total. The molecule has 0 aromatic carbocycles. The molecular formula is C8H16N2O3. The van der Waals surface area contributed by atoms with Gasteiger partial charge in [0.2, 0.25) is 0 Å². The molecule has 1 saturated heterocycles. The number of carboxylic acid groups (broad SMARTS) is 1. The Kier molecular flexibility index (Phi) is 3.98. The Hall–Kier alpha value is -0.810. The van der Waals surface area contributed by atoms with Gasteiger partial charge in [-0.05, 0) is 12.8 Å². The average Bonchev–Trinajstić information content (AvgIpc) is 2.15. The van der Waals surface area contributed by atoms with Gasteiger partial charge in [-0.25, -0.2) is 14.8 Å². The summed E-state index contributed by atoms with van der Waals surface area (Å²) in [6.45, 7) is 1.62. The first-order valence-electron chi connectivity index (χ1n) is 4.62. The SMILES string of the molecule is O=C(O)N(CCO)N1CCCCC1. The summed E-state index contributed by atoms with van der Waals surface area (Å²) in [5.74, 6) is 0. The summed E-state index contributed by atoms with van der Waals surface area (Å²) in [6.07, 6.45) is 2.27. The van der Waals surface area contributed by atoms with E-state index in [2.05, 4.69) is 0 Å². The van der Waals surface area contributed by atoms with Crippen LogP contribution in [0.1, 0.15) is 19.3 Å². The molecule has 0 atom stereocenters. The minimum absolute atomic E-state index is 0.122. The van der Waals surface area contributed by atoms with Gasteiger partial charge in [0.05, 0.1) is 13.2 Å². The van der Waals surface area contributed by atoms with Crippen LogP contribution in [0.3, 0.4) is 0 Å². The van der Waals surface area contributed by atoms with Crippen molar-refractivity contribution < 1.29 is 15.0 Å². The largest absolute Gasteiger partial charge is 0.464 e. The van der Waals surface area contributed by atoms with E-state index in [1.54, 1.807) is 5.01 Å². The Balaban J connectivity index is 2.46. The van der Waals surface area contributed by atoms with Gasteiger partial charge in [-0.3, -0.25) is 0 Å². The molecule has 0 aromatic heterocycles. The van der Waals surface area contributed by atoms with Crippen molar-refractivity contribution in [3.05, 3.63) is 0 Å². The van der Waals surface area contributed by atoms with Crippen molar-refractivity contribution in [3.63, 3.8) is 0 Å². The molecule has 1 rings (SSSR count). The lowest BCUT2D eigenvalue weighted by atomic mass is 10.2. The topological polar surface area (TPSA) is 64.0 Å². The fraction of sp³-hybridized carbons (Fsp3) is 0.875. The average molecular weight is 188 g/mol. The van der Waals surface area contributed by atoms with Gasteiger partial charge >= 0.3 is 6.09 Å². The number of amides is 1. The van der Waals surface area contributed by atoms with Crippen molar-refractivity contribution in [1.82, 2.24) is 10.0 Å². The Morgan fingerprint density at radius 2 is 1.92 bits per heavy atom. The van der Waals surface area contributed by atoms with Crippen LogP contribution in [0, 0.1) is 0 Å². The van der Waals surface area contributed by atoms with Crippen molar-refractivity contribution in [2.75, 3.05) is 26.2 Å². The molecule has 0 spiro atoms. The minimum Gasteiger partial charge on any atom is -0.464 e. The predicted octanol–water partition coefficient (Wildman–Crippen LogP) is 0.360. The molecule has 0 bridgehead atoms. The molecule has 13 heavy (non-hydrogen) atoms. The van der Waals surface area contributed by atoms with Crippen LogP contribution in [-0.4, -0.2) is 52.6 Å². The van der Waals surface area contributed by atoms with Gasteiger partial charge in [-0.15, -0.1) is 0 Å². The van der Waals surface area contributed by atoms with E-state index in [4.69, 9.17) is 10.2 Å². The number of hydrazine groups is 1. The van der Waals surface area contributed by atoms with Crippen molar-refractivity contribution in [3.8, 4) is 0 Å². The second kappa shape index (κ2) is 5.04. The smallest absolute Gasteiger partial charge is 0.422 e. The van der Waals surface area contributed by atoms with Crippen molar-refractivity contribution in [2.24, 2.45) is 0 Å². The third-order valence-electron chi connectivity index (χ3n) is 2.21. The fourth-order valence-corrected chi connectivity index (χ4v) is 1.57. The van der Waals surface area contributed by atoms with Crippen LogP contribution in [0.5, 0.6) is 0 Å². The number of hydrogen-bond acceptors (Lipinski definition) is 3. The number of carbonyl (C=O) groups is 1. The van der Waals surface area contributed by atoms with E-state index >= 15 is 0 Å². The standard InChI is InChI=1S/C8H16N2O3/c11-7-6-10(8(12)13)9-4-2-1-3-5-9/h11H,1-7H2,(H,12,13). The van der Waals surface area contributed by atoms with E-state index in [9.17, 15) is 4.79 Å². The van der Waals surface area contributed by atoms with Crippen LogP contribution < -0.4 is 0 Å². The number of nitrogens with zero attached hydrogens (tertiary/aromatic N) is 2. The van der Waals surface area contributed by atoms with Gasteiger partial charge in [0.25, 0.3) is 0 Å². The molecule has 76 valence electrons. The first kappa shape index (κ1) is 10.3. The fourth-order valence-electron chi connectivity index (χ4n) is 1.57. The molecule has 5 heteroatoms. The maximum atomic E-state index is 10.8. The highest BCUT2D eigenvalue weighted by atomic mass is 16.4. The molecule has 5 nitrogen and oxygen atoms in total. The lowest BCUT2D eigenvalue weighted by Gasteiger charge is -2.34. The molecule has 0 aliphatic carbocycles. The van der Waals surface area contributed by atoms with E-state index in [0.717, 1.165) is 25.9 Å². The summed E-state index contributed by atoms with van der Waals surface area (Å²) in [7, 11) is 0. The summed E-state index contributed by atoms with van der Waals surface area (Å²) in [6, 6.07) is 0. The quantitative estimate of drug-likeness (QED) is 0.671. The van der Waals surface area contributed by atoms with Crippen molar-refractivity contribution in [2.45, 2.75) is 19.3 Å². The van der Waals surface area contributed by atoms with Crippen molar-refractivity contribution in [1.29, 1.82) is 0 Å². The molecule has 1 amide bonds. The van der Waals surface area contributed by atoms with Crippen LogP contribution in [0.25, 0.3) is 0 Å². The van der Waals surface area contributed by atoms with Gasteiger partial charge in [0.15, 0.2) is 0 Å². The Morgan fingerprint density at radius 1 is 1.31 bits per heavy atom. The second-order valence-corrected chi connectivity index (χ2v) is 3.14. The van der Waals surface area contributed by atoms with Gasteiger partial charge in [0.1, 0.15) is 0 Å². The zero-order valence-corrected chi connectivity index (χ0v) is 7.65. The highest BCUT2D eigenvalue weighted by Crippen LogP contribution is 2.11. The van der Waals surface area contributed by atoms with Crippen LogP contribution in [0.4, 0.5) is 4.79 Å². The summed E-state index contributed by atoms with van der Waals surface area (Å²) >= 11 is 0. The highest BCUT2D eigenvalue weighted by molar-refractivity contribution is 5.64. The predicted molar refractivity (Wildman–Crippen MR) is 47.2 cm³/mol. The van der Waals surface area contributed by atoms with E-state index < -0.39 is 6.09 Å². The number of aliphatic hydroxyl groups is 1.